The molecule has 0 bridgehead atoms. The molecular formula is C16H25SiSn. The SMILES string of the molecule is CCC1=C[CH]([Sn][CH]2C=CC(CC)=C2)C=C1.C[SiH]C. The van der Waals surface area contributed by atoms with E-state index >= 15 is 0 Å². The van der Waals surface area contributed by atoms with Crippen molar-refractivity contribution in [2.75, 3.05) is 0 Å². The van der Waals surface area contributed by atoms with Crippen LogP contribution in [0.4, 0.5) is 0 Å². The van der Waals surface area contributed by atoms with Gasteiger partial charge < -0.3 is 0 Å². The van der Waals surface area contributed by atoms with Gasteiger partial charge in [0.15, 0.2) is 0 Å². The first-order valence-electron chi connectivity index (χ1n) is 7.01. The summed E-state index contributed by atoms with van der Waals surface area (Å²) in [6, 6.07) is 0. The van der Waals surface area contributed by atoms with E-state index in [0.29, 0.717) is 0 Å². The van der Waals surface area contributed by atoms with E-state index in [1.54, 1.807) is 11.1 Å². The van der Waals surface area contributed by atoms with Crippen molar-refractivity contribution in [2.24, 2.45) is 0 Å². The topological polar surface area (TPSA) is 0 Å². The first kappa shape index (κ1) is 16.0. The van der Waals surface area contributed by atoms with Gasteiger partial charge in [-0.25, -0.2) is 0 Å². The van der Waals surface area contributed by atoms with E-state index in [9.17, 15) is 0 Å². The van der Waals surface area contributed by atoms with Gasteiger partial charge in [-0.05, 0) is 0 Å². The van der Waals surface area contributed by atoms with E-state index in [4.69, 9.17) is 0 Å². The van der Waals surface area contributed by atoms with Gasteiger partial charge in [0.05, 0.1) is 0 Å². The van der Waals surface area contributed by atoms with E-state index < -0.39 is 0 Å². The number of rotatable bonds is 4. The maximum absolute atomic E-state index is 2.50. The monoisotopic (exact) mass is 365 g/mol. The molecule has 97 valence electrons. The van der Waals surface area contributed by atoms with E-state index in [2.05, 4.69) is 63.4 Å². The zero-order valence-electron chi connectivity index (χ0n) is 12.1. The van der Waals surface area contributed by atoms with Gasteiger partial charge in [-0.3, -0.25) is 0 Å². The molecule has 0 saturated carbocycles. The molecule has 0 N–H and O–H groups in total. The van der Waals surface area contributed by atoms with Crippen molar-refractivity contribution in [1.29, 1.82) is 0 Å². The van der Waals surface area contributed by atoms with Crippen LogP contribution in [-0.4, -0.2) is 30.7 Å². The van der Waals surface area contributed by atoms with Crippen molar-refractivity contribution in [2.45, 2.75) is 47.7 Å². The zero-order chi connectivity index (χ0) is 13.4. The molecule has 2 aliphatic rings. The average Bonchev–Trinajstić information content (AvgIpc) is 2.99. The van der Waals surface area contributed by atoms with Crippen molar-refractivity contribution >= 4 is 30.7 Å². The molecule has 0 saturated heterocycles. The molecule has 2 atom stereocenters. The predicted molar refractivity (Wildman–Crippen MR) is 87.2 cm³/mol. The Labute approximate surface area is 125 Å². The van der Waals surface area contributed by atoms with Crippen LogP contribution >= 0.6 is 0 Å². The molecule has 0 aromatic carbocycles. The van der Waals surface area contributed by atoms with Crippen LogP contribution in [0.5, 0.6) is 0 Å². The molecule has 0 nitrogen and oxygen atoms in total. The summed E-state index contributed by atoms with van der Waals surface area (Å²) < 4.78 is 1.68. The van der Waals surface area contributed by atoms with Crippen molar-refractivity contribution in [1.82, 2.24) is 0 Å². The van der Waals surface area contributed by atoms with E-state index in [0.717, 1.165) is 17.4 Å². The van der Waals surface area contributed by atoms with Gasteiger partial charge in [0.2, 0.25) is 0 Å². The molecule has 0 spiro atoms. The van der Waals surface area contributed by atoms with Gasteiger partial charge in [0.25, 0.3) is 0 Å². The Morgan fingerprint density at radius 1 is 0.944 bits per heavy atom. The van der Waals surface area contributed by atoms with Crippen molar-refractivity contribution in [3.63, 3.8) is 0 Å². The standard InChI is InChI=1S/2C7H9.C2H7Si.Sn/c2*1-2-7-5-3-4-6-7;1-3-2;/h2*3-6H,2H2,1H3;3H,1-2H3;. The summed E-state index contributed by atoms with van der Waals surface area (Å²) in [5.74, 6) is 0. The zero-order valence-corrected chi connectivity index (χ0v) is 16.1. The third-order valence-electron chi connectivity index (χ3n) is 3.02. The van der Waals surface area contributed by atoms with Gasteiger partial charge in [0, 0.05) is 9.52 Å². The molecule has 0 heterocycles. The van der Waals surface area contributed by atoms with Gasteiger partial charge in [-0.15, -0.1) is 0 Å². The van der Waals surface area contributed by atoms with Gasteiger partial charge >= 0.3 is 103 Å². The summed E-state index contributed by atoms with van der Waals surface area (Å²) in [5, 5.41) is 0. The Balaban J connectivity index is 0.000000492. The first-order chi connectivity index (χ1) is 8.73. The summed E-state index contributed by atoms with van der Waals surface area (Å²) >= 11 is -0.334. The Hall–Kier alpha value is -0.0244. The van der Waals surface area contributed by atoms with Gasteiger partial charge in [-0.1, -0.05) is 13.1 Å². The summed E-state index contributed by atoms with van der Waals surface area (Å²) in [6.45, 7) is 8.91. The smallest absolute Gasteiger partial charge is 0.0213 e. The van der Waals surface area contributed by atoms with Crippen molar-refractivity contribution in [3.8, 4) is 0 Å². The summed E-state index contributed by atoms with van der Waals surface area (Å²) in [7, 11) is 0.750. The average molecular weight is 364 g/mol. The number of allylic oxidation sites excluding steroid dienone is 8. The molecule has 2 rings (SSSR count). The minimum Gasteiger partial charge on any atom is -0.0743 e. The van der Waals surface area contributed by atoms with Crippen LogP contribution in [0.2, 0.25) is 21.0 Å². The third-order valence-corrected chi connectivity index (χ3v) is 7.27. The molecule has 0 fully saturated rings. The van der Waals surface area contributed by atoms with E-state index in [-0.39, 0.29) is 21.1 Å². The Morgan fingerprint density at radius 2 is 1.33 bits per heavy atom. The largest absolute Gasteiger partial charge is 0.0743 e. The normalized spacial score (nSPS) is 24.7. The molecule has 0 aliphatic heterocycles. The fourth-order valence-corrected chi connectivity index (χ4v) is 6.26. The summed E-state index contributed by atoms with van der Waals surface area (Å²) in [5.41, 5.74) is 3.09. The van der Waals surface area contributed by atoms with Gasteiger partial charge in [0.1, 0.15) is 0 Å². The minimum absolute atomic E-state index is 0.334. The molecule has 18 heavy (non-hydrogen) atoms. The predicted octanol–water partition coefficient (Wildman–Crippen LogP) is 4.60. The van der Waals surface area contributed by atoms with Gasteiger partial charge in [-0.2, -0.15) is 0 Å². The van der Waals surface area contributed by atoms with Crippen LogP contribution in [-0.2, 0) is 0 Å². The van der Waals surface area contributed by atoms with Crippen molar-refractivity contribution < 1.29 is 0 Å². The summed E-state index contributed by atoms with van der Waals surface area (Å²) in [6.07, 6.45) is 16.9. The third kappa shape index (κ3) is 5.31. The molecule has 2 unspecified atom stereocenters. The molecule has 2 heteroatoms. The van der Waals surface area contributed by atoms with Crippen LogP contribution in [0.15, 0.2) is 47.6 Å². The molecule has 0 amide bonds. The number of hydrogen-bond acceptors (Lipinski definition) is 0. The van der Waals surface area contributed by atoms with Crippen LogP contribution < -0.4 is 0 Å². The van der Waals surface area contributed by atoms with E-state index in [1.807, 2.05) is 0 Å². The van der Waals surface area contributed by atoms with E-state index in [1.165, 1.54) is 12.8 Å². The van der Waals surface area contributed by atoms with Crippen LogP contribution in [0, 0.1) is 0 Å². The van der Waals surface area contributed by atoms with Crippen LogP contribution in [0.1, 0.15) is 26.7 Å². The quantitative estimate of drug-likeness (QED) is 0.640. The van der Waals surface area contributed by atoms with Crippen LogP contribution in [0.25, 0.3) is 0 Å². The molecule has 2 aliphatic carbocycles. The first-order valence-corrected chi connectivity index (χ1v) is 12.6. The molecular weight excluding hydrogens is 339 g/mol. The molecule has 0 aromatic heterocycles. The Morgan fingerprint density at radius 3 is 1.61 bits per heavy atom. The second-order valence-electron chi connectivity index (χ2n) is 4.70. The van der Waals surface area contributed by atoms with Crippen molar-refractivity contribution in [3.05, 3.63) is 47.6 Å². The second kappa shape index (κ2) is 8.97. The maximum atomic E-state index is 2.50. The fourth-order valence-electron chi connectivity index (χ4n) is 2.04. The van der Waals surface area contributed by atoms with Crippen LogP contribution in [0.3, 0.4) is 0 Å². The molecule has 0 aromatic rings. The minimum atomic E-state index is -0.334. The Kier molecular flexibility index (Phi) is 7.99. The molecule has 3 radical (unpaired) electrons. The summed E-state index contributed by atoms with van der Waals surface area (Å²) in [4.78, 5) is 0. The second-order valence-corrected chi connectivity index (χ2v) is 10.6. The number of hydrogen-bond donors (Lipinski definition) is 0. The fraction of sp³-hybridized carbons (Fsp3) is 0.500. The Bertz CT molecular complexity index is 329. The maximum Gasteiger partial charge on any atom is 0.0213 e.